The van der Waals surface area contributed by atoms with Gasteiger partial charge in [-0.1, -0.05) is 0 Å². The summed E-state index contributed by atoms with van der Waals surface area (Å²) in [6, 6.07) is 4.20. The lowest BCUT2D eigenvalue weighted by atomic mass is 10.2. The van der Waals surface area contributed by atoms with Gasteiger partial charge in [0, 0.05) is 18.7 Å². The molecule has 0 unspecified atom stereocenters. The predicted octanol–water partition coefficient (Wildman–Crippen LogP) is 2.42. The minimum absolute atomic E-state index is 0.0968. The maximum Gasteiger partial charge on any atom is 0.416 e. The molecule has 0 fully saturated rings. The molecule has 0 saturated heterocycles. The quantitative estimate of drug-likeness (QED) is 0.858. The van der Waals surface area contributed by atoms with Gasteiger partial charge in [0.1, 0.15) is 0 Å². The number of carbonyl (C=O) groups excluding carboxylic acids is 1. The molecule has 3 nitrogen and oxygen atoms in total. The number of nitrogens with one attached hydrogen (secondary N) is 1. The fraction of sp³-hybridized carbons (Fsp3) is 0.364. The van der Waals surface area contributed by atoms with Crippen LogP contribution in [0.1, 0.15) is 18.4 Å². The van der Waals surface area contributed by atoms with Crippen molar-refractivity contribution in [1.29, 1.82) is 0 Å². The molecule has 0 aliphatic heterocycles. The maximum absolute atomic E-state index is 12.2. The van der Waals surface area contributed by atoms with Crippen molar-refractivity contribution in [2.75, 3.05) is 11.9 Å². The van der Waals surface area contributed by atoms with E-state index in [1.807, 2.05) is 0 Å². The minimum Gasteiger partial charge on any atom is -0.396 e. The zero-order valence-electron chi connectivity index (χ0n) is 8.92. The number of amides is 1. The number of aliphatic hydroxyl groups excluding tert-OH is 1. The van der Waals surface area contributed by atoms with Crippen molar-refractivity contribution in [3.8, 4) is 0 Å². The lowest BCUT2D eigenvalue weighted by Gasteiger charge is -2.08. The summed E-state index contributed by atoms with van der Waals surface area (Å²) in [6.07, 6.45) is -3.91. The molecule has 1 aromatic carbocycles. The van der Waals surface area contributed by atoms with Gasteiger partial charge in [0.25, 0.3) is 0 Å². The molecule has 0 bridgehead atoms. The van der Waals surface area contributed by atoms with Gasteiger partial charge in [-0.15, -0.1) is 0 Å². The molecule has 94 valence electrons. The topological polar surface area (TPSA) is 49.3 Å². The van der Waals surface area contributed by atoms with Crippen molar-refractivity contribution in [2.45, 2.75) is 19.0 Å². The highest BCUT2D eigenvalue weighted by Crippen LogP contribution is 2.29. The van der Waals surface area contributed by atoms with Gasteiger partial charge in [-0.25, -0.2) is 0 Å². The molecule has 2 N–H and O–H groups in total. The molecular formula is C11H12F3NO2. The summed E-state index contributed by atoms with van der Waals surface area (Å²) in [4.78, 5) is 11.2. The van der Waals surface area contributed by atoms with Crippen molar-refractivity contribution in [2.24, 2.45) is 0 Å². The van der Waals surface area contributed by atoms with Gasteiger partial charge in [0.05, 0.1) is 5.56 Å². The van der Waals surface area contributed by atoms with Gasteiger partial charge in [-0.05, 0) is 30.7 Å². The van der Waals surface area contributed by atoms with Crippen LogP contribution in [0.5, 0.6) is 0 Å². The molecule has 6 heteroatoms. The molecule has 0 aromatic heterocycles. The normalized spacial score (nSPS) is 11.3. The Balaban J connectivity index is 2.60. The summed E-state index contributed by atoms with van der Waals surface area (Å²) in [5.74, 6) is -0.334. The number of rotatable bonds is 4. The van der Waals surface area contributed by atoms with Crippen LogP contribution in [0.3, 0.4) is 0 Å². The number of hydrogen-bond acceptors (Lipinski definition) is 2. The van der Waals surface area contributed by atoms with E-state index in [-0.39, 0.29) is 18.9 Å². The molecule has 0 aliphatic rings. The minimum atomic E-state index is -4.38. The van der Waals surface area contributed by atoms with Crippen LogP contribution in [-0.4, -0.2) is 17.6 Å². The summed E-state index contributed by atoms with van der Waals surface area (Å²) >= 11 is 0. The van der Waals surface area contributed by atoms with Crippen molar-refractivity contribution in [3.63, 3.8) is 0 Å². The molecule has 17 heavy (non-hydrogen) atoms. The zero-order chi connectivity index (χ0) is 12.9. The molecule has 0 heterocycles. The average molecular weight is 247 g/mol. The van der Waals surface area contributed by atoms with Gasteiger partial charge in [0.15, 0.2) is 0 Å². The molecule has 0 aliphatic carbocycles. The number of benzene rings is 1. The van der Waals surface area contributed by atoms with Crippen LogP contribution in [-0.2, 0) is 11.0 Å². The van der Waals surface area contributed by atoms with Crippen molar-refractivity contribution >= 4 is 11.6 Å². The first-order valence-electron chi connectivity index (χ1n) is 5.01. The number of anilines is 1. The molecule has 1 aromatic rings. The van der Waals surface area contributed by atoms with Crippen LogP contribution in [0.2, 0.25) is 0 Å². The lowest BCUT2D eigenvalue weighted by molar-refractivity contribution is -0.137. The highest BCUT2D eigenvalue weighted by Gasteiger charge is 2.29. The maximum atomic E-state index is 12.2. The summed E-state index contributed by atoms with van der Waals surface area (Å²) in [6.45, 7) is -0.0968. The largest absolute Gasteiger partial charge is 0.416 e. The molecule has 0 spiro atoms. The van der Waals surface area contributed by atoms with Crippen LogP contribution in [0.4, 0.5) is 18.9 Å². The van der Waals surface area contributed by atoms with Gasteiger partial charge in [-0.2, -0.15) is 13.2 Å². The van der Waals surface area contributed by atoms with Crippen LogP contribution in [0.15, 0.2) is 24.3 Å². The Bertz CT molecular complexity index is 373. The number of carbonyl (C=O) groups is 1. The first kappa shape index (κ1) is 13.5. The fourth-order valence-corrected chi connectivity index (χ4v) is 1.21. The number of alkyl halides is 3. The molecule has 0 saturated carbocycles. The van der Waals surface area contributed by atoms with E-state index in [2.05, 4.69) is 5.32 Å². The second-order valence-electron chi connectivity index (χ2n) is 3.45. The molecule has 0 radical (unpaired) electrons. The monoisotopic (exact) mass is 247 g/mol. The summed E-state index contributed by atoms with van der Waals surface area (Å²) in [5.41, 5.74) is -0.452. The Morgan fingerprint density at radius 2 is 1.82 bits per heavy atom. The zero-order valence-corrected chi connectivity index (χ0v) is 8.92. The summed E-state index contributed by atoms with van der Waals surface area (Å²) in [7, 11) is 0. The van der Waals surface area contributed by atoms with E-state index in [0.29, 0.717) is 12.1 Å². The van der Waals surface area contributed by atoms with E-state index in [1.165, 1.54) is 12.1 Å². The van der Waals surface area contributed by atoms with E-state index in [4.69, 9.17) is 5.11 Å². The van der Waals surface area contributed by atoms with Gasteiger partial charge in [0.2, 0.25) is 5.91 Å². The predicted molar refractivity (Wildman–Crippen MR) is 56.4 cm³/mol. The van der Waals surface area contributed by atoms with Crippen LogP contribution < -0.4 is 5.32 Å². The van der Waals surface area contributed by atoms with E-state index in [1.54, 1.807) is 0 Å². The Labute approximate surface area is 96.3 Å². The van der Waals surface area contributed by atoms with Crippen molar-refractivity contribution in [1.82, 2.24) is 0 Å². The third-order valence-corrected chi connectivity index (χ3v) is 2.06. The third kappa shape index (κ3) is 4.44. The number of hydrogen-bond donors (Lipinski definition) is 2. The second-order valence-corrected chi connectivity index (χ2v) is 3.45. The van der Waals surface area contributed by atoms with E-state index >= 15 is 0 Å². The number of aliphatic hydroxyl groups is 1. The van der Waals surface area contributed by atoms with Gasteiger partial charge >= 0.3 is 6.18 Å². The van der Waals surface area contributed by atoms with Crippen LogP contribution in [0.25, 0.3) is 0 Å². The Morgan fingerprint density at radius 3 is 2.29 bits per heavy atom. The molecule has 0 atom stereocenters. The Hall–Kier alpha value is -1.56. The second kappa shape index (κ2) is 5.67. The van der Waals surface area contributed by atoms with E-state index in [9.17, 15) is 18.0 Å². The van der Waals surface area contributed by atoms with Crippen LogP contribution >= 0.6 is 0 Å². The van der Waals surface area contributed by atoms with Crippen LogP contribution in [0, 0.1) is 0 Å². The summed E-state index contributed by atoms with van der Waals surface area (Å²) in [5, 5.41) is 10.9. The van der Waals surface area contributed by atoms with Gasteiger partial charge in [-0.3, -0.25) is 4.79 Å². The van der Waals surface area contributed by atoms with Crippen molar-refractivity contribution < 1.29 is 23.1 Å². The average Bonchev–Trinajstić information content (AvgIpc) is 2.26. The van der Waals surface area contributed by atoms with Crippen molar-refractivity contribution in [3.05, 3.63) is 29.8 Å². The highest BCUT2D eigenvalue weighted by atomic mass is 19.4. The fourth-order valence-electron chi connectivity index (χ4n) is 1.21. The summed E-state index contributed by atoms with van der Waals surface area (Å²) < 4.78 is 36.7. The molecule has 1 amide bonds. The number of halogens is 3. The third-order valence-electron chi connectivity index (χ3n) is 2.06. The Morgan fingerprint density at radius 1 is 1.24 bits per heavy atom. The van der Waals surface area contributed by atoms with Gasteiger partial charge < -0.3 is 10.4 Å². The lowest BCUT2D eigenvalue weighted by Crippen LogP contribution is -2.12. The van der Waals surface area contributed by atoms with E-state index < -0.39 is 11.7 Å². The first-order chi connectivity index (χ1) is 7.93. The Kier molecular flexibility index (Phi) is 4.51. The molecular weight excluding hydrogens is 235 g/mol. The SMILES string of the molecule is O=C(CCCO)Nc1ccc(C(F)(F)F)cc1. The standard InChI is InChI=1S/C11H12F3NO2/c12-11(13,14)8-3-5-9(6-4-8)15-10(17)2-1-7-16/h3-6,16H,1-2,7H2,(H,15,17). The van der Waals surface area contributed by atoms with E-state index in [0.717, 1.165) is 12.1 Å². The highest BCUT2D eigenvalue weighted by molar-refractivity contribution is 5.90. The molecule has 1 rings (SSSR count). The first-order valence-corrected chi connectivity index (χ1v) is 5.01. The smallest absolute Gasteiger partial charge is 0.396 e.